The van der Waals surface area contributed by atoms with E-state index in [1.165, 1.54) is 0 Å². The van der Waals surface area contributed by atoms with E-state index in [0.717, 1.165) is 39.3 Å². The van der Waals surface area contributed by atoms with Crippen LogP contribution in [-0.2, 0) is 0 Å². The van der Waals surface area contributed by atoms with Crippen molar-refractivity contribution in [1.82, 2.24) is 24.9 Å². The Hall–Kier alpha value is -3.67. The van der Waals surface area contributed by atoms with Crippen LogP contribution in [0.1, 0.15) is 5.82 Å². The van der Waals surface area contributed by atoms with Gasteiger partial charge in [-0.25, -0.2) is 19.9 Å². The maximum atomic E-state index is 5.59. The molecule has 0 aliphatic rings. The molecule has 6 nitrogen and oxygen atoms in total. The van der Waals surface area contributed by atoms with E-state index in [2.05, 4.69) is 31.0 Å². The van der Waals surface area contributed by atoms with Gasteiger partial charge in [-0.1, -0.05) is 30.3 Å². The Labute approximate surface area is 150 Å². The molecule has 2 N–H and O–H groups in total. The molecule has 0 radical (unpaired) electrons. The number of hydrogen-bond donors (Lipinski definition) is 1. The summed E-state index contributed by atoms with van der Waals surface area (Å²) in [5, 5.41) is 0. The van der Waals surface area contributed by atoms with Gasteiger partial charge in [-0.15, -0.1) is 0 Å². The predicted molar refractivity (Wildman–Crippen MR) is 101 cm³/mol. The molecular weight excluding hydrogens is 324 g/mol. The number of aromatic nitrogens is 5. The van der Waals surface area contributed by atoms with Crippen LogP contribution in [0.4, 0.5) is 5.95 Å². The summed E-state index contributed by atoms with van der Waals surface area (Å²) < 4.78 is 0. The van der Waals surface area contributed by atoms with Crippen LogP contribution in [0.2, 0.25) is 0 Å². The molecule has 0 atom stereocenters. The van der Waals surface area contributed by atoms with E-state index in [9.17, 15) is 0 Å². The van der Waals surface area contributed by atoms with Crippen LogP contribution >= 0.6 is 0 Å². The van der Waals surface area contributed by atoms with Gasteiger partial charge in [0.1, 0.15) is 5.82 Å². The average Bonchev–Trinajstić information content (AvgIpc) is 2.69. The summed E-state index contributed by atoms with van der Waals surface area (Å²) in [5.41, 5.74) is 11.3. The number of pyridine rings is 1. The highest BCUT2D eigenvalue weighted by Gasteiger charge is 2.09. The lowest BCUT2D eigenvalue weighted by atomic mass is 9.97. The van der Waals surface area contributed by atoms with Gasteiger partial charge in [0.05, 0.1) is 5.69 Å². The number of anilines is 1. The van der Waals surface area contributed by atoms with Crippen molar-refractivity contribution in [2.45, 2.75) is 6.92 Å². The largest absolute Gasteiger partial charge is 0.368 e. The van der Waals surface area contributed by atoms with Crippen molar-refractivity contribution in [3.8, 4) is 33.5 Å². The summed E-state index contributed by atoms with van der Waals surface area (Å²) >= 11 is 0. The van der Waals surface area contributed by atoms with Crippen LogP contribution in [0.3, 0.4) is 0 Å². The lowest BCUT2D eigenvalue weighted by molar-refractivity contribution is 1.05. The normalized spacial score (nSPS) is 10.7. The first-order valence-electron chi connectivity index (χ1n) is 8.13. The zero-order valence-electron chi connectivity index (χ0n) is 14.2. The van der Waals surface area contributed by atoms with E-state index in [-0.39, 0.29) is 5.95 Å². The van der Waals surface area contributed by atoms with E-state index in [1.54, 1.807) is 24.8 Å². The van der Waals surface area contributed by atoms with Gasteiger partial charge in [-0.05, 0) is 24.1 Å². The average molecular weight is 340 g/mol. The molecular formula is C20H16N6. The maximum absolute atomic E-state index is 5.59. The smallest absolute Gasteiger partial charge is 0.219 e. The highest BCUT2D eigenvalue weighted by molar-refractivity contribution is 5.83. The molecule has 0 bridgehead atoms. The molecule has 0 amide bonds. The maximum Gasteiger partial charge on any atom is 0.219 e. The molecule has 0 fully saturated rings. The van der Waals surface area contributed by atoms with E-state index in [0.29, 0.717) is 0 Å². The number of nitrogens with zero attached hydrogens (tertiary/aromatic N) is 5. The van der Waals surface area contributed by atoms with E-state index < -0.39 is 0 Å². The number of benzene rings is 1. The van der Waals surface area contributed by atoms with Crippen molar-refractivity contribution in [2.75, 3.05) is 5.73 Å². The quantitative estimate of drug-likeness (QED) is 0.613. The molecule has 3 aromatic heterocycles. The van der Waals surface area contributed by atoms with Crippen LogP contribution in [0, 0.1) is 6.92 Å². The second kappa shape index (κ2) is 6.68. The minimum Gasteiger partial charge on any atom is -0.368 e. The van der Waals surface area contributed by atoms with Crippen molar-refractivity contribution < 1.29 is 0 Å². The van der Waals surface area contributed by atoms with Crippen molar-refractivity contribution in [3.05, 3.63) is 73.2 Å². The minimum absolute atomic E-state index is 0.262. The molecule has 6 heteroatoms. The van der Waals surface area contributed by atoms with Gasteiger partial charge in [0.25, 0.3) is 0 Å². The molecule has 126 valence electrons. The molecule has 0 saturated carbocycles. The molecule has 3 heterocycles. The SMILES string of the molecule is Cc1ncc(-c2ccc(-c3ccccc3-c3cnc(N)nc3)cn2)cn1. The van der Waals surface area contributed by atoms with Crippen LogP contribution in [0.15, 0.2) is 67.4 Å². The third-order valence-electron chi connectivity index (χ3n) is 4.06. The first kappa shape index (κ1) is 15.8. The Morgan fingerprint density at radius 1 is 0.615 bits per heavy atom. The summed E-state index contributed by atoms with van der Waals surface area (Å²) in [7, 11) is 0. The Bertz CT molecular complexity index is 1030. The van der Waals surface area contributed by atoms with E-state index >= 15 is 0 Å². The summed E-state index contributed by atoms with van der Waals surface area (Å²) in [6.45, 7) is 1.86. The summed E-state index contributed by atoms with van der Waals surface area (Å²) in [6.07, 6.45) is 8.87. The van der Waals surface area contributed by atoms with Gasteiger partial charge >= 0.3 is 0 Å². The second-order valence-corrected chi connectivity index (χ2v) is 5.83. The fourth-order valence-electron chi connectivity index (χ4n) is 2.71. The van der Waals surface area contributed by atoms with Crippen molar-refractivity contribution in [2.24, 2.45) is 0 Å². The van der Waals surface area contributed by atoms with Gasteiger partial charge in [0.2, 0.25) is 5.95 Å². The fraction of sp³-hybridized carbons (Fsp3) is 0.0500. The van der Waals surface area contributed by atoms with Crippen LogP contribution in [0.5, 0.6) is 0 Å². The second-order valence-electron chi connectivity index (χ2n) is 5.83. The highest BCUT2D eigenvalue weighted by Crippen LogP contribution is 2.31. The molecule has 0 aliphatic carbocycles. The van der Waals surface area contributed by atoms with Gasteiger partial charge in [-0.2, -0.15) is 0 Å². The molecule has 1 aromatic carbocycles. The standard InChI is InChI=1S/C20H16N6/c1-13-22-11-16(12-23-13)19-7-6-14(8-24-19)17-4-2-3-5-18(17)15-9-25-20(21)26-10-15/h2-12H,1H3,(H2,21,25,26). The molecule has 0 saturated heterocycles. The Morgan fingerprint density at radius 3 is 1.81 bits per heavy atom. The van der Waals surface area contributed by atoms with Crippen molar-refractivity contribution in [1.29, 1.82) is 0 Å². The molecule has 0 spiro atoms. The lowest BCUT2D eigenvalue weighted by Gasteiger charge is -2.10. The summed E-state index contributed by atoms with van der Waals surface area (Å²) in [6, 6.07) is 12.1. The van der Waals surface area contributed by atoms with Crippen LogP contribution < -0.4 is 5.73 Å². The zero-order valence-corrected chi connectivity index (χ0v) is 14.2. The van der Waals surface area contributed by atoms with Crippen LogP contribution in [0.25, 0.3) is 33.5 Å². The molecule has 0 aliphatic heterocycles. The Balaban J connectivity index is 1.72. The third kappa shape index (κ3) is 3.12. The highest BCUT2D eigenvalue weighted by atomic mass is 15.0. The Morgan fingerprint density at radius 2 is 1.19 bits per heavy atom. The molecule has 0 unspecified atom stereocenters. The molecule has 4 rings (SSSR count). The van der Waals surface area contributed by atoms with Gasteiger partial charge in [-0.3, -0.25) is 4.98 Å². The number of nitrogens with two attached hydrogens (primary N) is 1. The summed E-state index contributed by atoms with van der Waals surface area (Å²) in [4.78, 5) is 21.2. The molecule has 4 aromatic rings. The van der Waals surface area contributed by atoms with Crippen molar-refractivity contribution >= 4 is 5.95 Å². The first-order chi connectivity index (χ1) is 12.7. The number of rotatable bonds is 3. The third-order valence-corrected chi connectivity index (χ3v) is 4.06. The topological polar surface area (TPSA) is 90.5 Å². The minimum atomic E-state index is 0.262. The summed E-state index contributed by atoms with van der Waals surface area (Å²) in [5.74, 6) is 1.00. The lowest BCUT2D eigenvalue weighted by Crippen LogP contribution is -1.94. The number of aryl methyl sites for hydroxylation is 1. The number of hydrogen-bond acceptors (Lipinski definition) is 6. The zero-order chi connectivity index (χ0) is 17.9. The Kier molecular flexibility index (Phi) is 4.07. The van der Waals surface area contributed by atoms with Crippen molar-refractivity contribution in [3.63, 3.8) is 0 Å². The number of nitrogen functional groups attached to an aromatic ring is 1. The van der Waals surface area contributed by atoms with Crippen LogP contribution in [-0.4, -0.2) is 24.9 Å². The molecule has 26 heavy (non-hydrogen) atoms. The predicted octanol–water partition coefficient (Wildman–Crippen LogP) is 3.55. The van der Waals surface area contributed by atoms with Gasteiger partial charge in [0, 0.05) is 47.7 Å². The van der Waals surface area contributed by atoms with Gasteiger partial charge in [0.15, 0.2) is 0 Å². The van der Waals surface area contributed by atoms with E-state index in [1.807, 2.05) is 43.5 Å². The van der Waals surface area contributed by atoms with Gasteiger partial charge < -0.3 is 5.73 Å². The monoisotopic (exact) mass is 340 g/mol. The first-order valence-corrected chi connectivity index (χ1v) is 8.13. The fourth-order valence-corrected chi connectivity index (χ4v) is 2.71. The van der Waals surface area contributed by atoms with E-state index in [4.69, 9.17) is 5.73 Å².